The standard InChI is InChI=1S/C24H15ClFN3O2/c1-31-24(30)15-3-11-22-21(13-15)28-23(29(22)18-7-5-17(26)6-8-18)20-9-2-14-12-16(25)4-10-19(14)27-20/h2-13H,1H3. The maximum atomic E-state index is 13.6. The third-order valence-corrected chi connectivity index (χ3v) is 5.28. The van der Waals surface area contributed by atoms with Gasteiger partial charge in [-0.05, 0) is 66.7 Å². The Labute approximate surface area is 181 Å². The van der Waals surface area contributed by atoms with Gasteiger partial charge < -0.3 is 4.74 Å². The molecule has 0 saturated heterocycles. The smallest absolute Gasteiger partial charge is 0.337 e. The van der Waals surface area contributed by atoms with Crippen molar-refractivity contribution in [3.63, 3.8) is 0 Å². The zero-order valence-electron chi connectivity index (χ0n) is 16.3. The first-order valence-electron chi connectivity index (χ1n) is 9.47. The highest BCUT2D eigenvalue weighted by Gasteiger charge is 2.18. The number of hydrogen-bond donors (Lipinski definition) is 0. The van der Waals surface area contributed by atoms with Crippen LogP contribution in [0.1, 0.15) is 10.4 Å². The molecule has 0 amide bonds. The molecule has 5 aromatic rings. The molecule has 0 aliphatic rings. The quantitative estimate of drug-likeness (QED) is 0.338. The van der Waals surface area contributed by atoms with E-state index in [9.17, 15) is 9.18 Å². The molecule has 3 aromatic carbocycles. The van der Waals surface area contributed by atoms with Gasteiger partial charge in [-0.25, -0.2) is 19.2 Å². The maximum Gasteiger partial charge on any atom is 0.337 e. The second kappa shape index (κ2) is 7.49. The fourth-order valence-electron chi connectivity index (χ4n) is 3.57. The average Bonchev–Trinajstić information content (AvgIpc) is 3.17. The van der Waals surface area contributed by atoms with Crippen LogP contribution in [0.15, 0.2) is 72.8 Å². The second-order valence-corrected chi connectivity index (χ2v) is 7.41. The molecule has 0 saturated carbocycles. The number of carbonyl (C=O) groups excluding carboxylic acids is 1. The number of pyridine rings is 1. The highest BCUT2D eigenvalue weighted by molar-refractivity contribution is 6.31. The molecule has 0 spiro atoms. The molecule has 5 nitrogen and oxygen atoms in total. The summed E-state index contributed by atoms with van der Waals surface area (Å²) in [4.78, 5) is 21.5. The van der Waals surface area contributed by atoms with Crippen LogP contribution in [0.25, 0.3) is 39.1 Å². The van der Waals surface area contributed by atoms with Gasteiger partial charge in [-0.1, -0.05) is 17.7 Å². The van der Waals surface area contributed by atoms with Crippen LogP contribution >= 0.6 is 11.6 Å². The SMILES string of the molecule is COC(=O)c1ccc2c(c1)nc(-c1ccc3cc(Cl)ccc3n1)n2-c1ccc(F)cc1. The van der Waals surface area contributed by atoms with Crippen molar-refractivity contribution in [2.24, 2.45) is 0 Å². The Morgan fingerprint density at radius 1 is 0.935 bits per heavy atom. The average molecular weight is 432 g/mol. The van der Waals surface area contributed by atoms with Crippen LogP contribution in [0, 0.1) is 5.82 Å². The molecule has 7 heteroatoms. The molecular formula is C24H15ClFN3O2. The maximum absolute atomic E-state index is 13.6. The number of benzene rings is 3. The lowest BCUT2D eigenvalue weighted by molar-refractivity contribution is 0.0601. The van der Waals surface area contributed by atoms with Crippen LogP contribution in [0.2, 0.25) is 5.02 Å². The van der Waals surface area contributed by atoms with E-state index in [1.807, 2.05) is 28.8 Å². The third kappa shape index (κ3) is 3.41. The van der Waals surface area contributed by atoms with Crippen LogP contribution in [-0.2, 0) is 4.74 Å². The molecule has 0 aliphatic carbocycles. The molecule has 5 rings (SSSR count). The number of nitrogens with zero attached hydrogens (tertiary/aromatic N) is 3. The molecule has 31 heavy (non-hydrogen) atoms. The van der Waals surface area contributed by atoms with Gasteiger partial charge in [-0.3, -0.25) is 4.57 Å². The number of methoxy groups -OCH3 is 1. The molecule has 2 heterocycles. The number of hydrogen-bond acceptors (Lipinski definition) is 4. The molecular weight excluding hydrogens is 417 g/mol. The van der Waals surface area contributed by atoms with E-state index < -0.39 is 5.97 Å². The summed E-state index contributed by atoms with van der Waals surface area (Å²) >= 11 is 6.09. The predicted octanol–water partition coefficient (Wildman–Crippen LogP) is 5.82. The Bertz CT molecular complexity index is 1460. The number of rotatable bonds is 3. The number of ether oxygens (including phenoxy) is 1. The van der Waals surface area contributed by atoms with E-state index in [1.54, 1.807) is 36.4 Å². The van der Waals surface area contributed by atoms with Gasteiger partial charge in [0.25, 0.3) is 0 Å². The summed E-state index contributed by atoms with van der Waals surface area (Å²) in [7, 11) is 1.33. The third-order valence-electron chi connectivity index (χ3n) is 5.04. The van der Waals surface area contributed by atoms with Crippen LogP contribution in [0.5, 0.6) is 0 Å². The van der Waals surface area contributed by atoms with Crippen molar-refractivity contribution in [1.29, 1.82) is 0 Å². The number of imidazole rings is 1. The molecule has 0 aliphatic heterocycles. The Hall–Kier alpha value is -3.77. The van der Waals surface area contributed by atoms with E-state index in [0.29, 0.717) is 27.6 Å². The van der Waals surface area contributed by atoms with Gasteiger partial charge in [-0.15, -0.1) is 0 Å². The first-order chi connectivity index (χ1) is 15.0. The number of carbonyl (C=O) groups is 1. The molecule has 0 atom stereocenters. The van der Waals surface area contributed by atoms with Gasteiger partial charge in [0.05, 0.1) is 29.2 Å². The summed E-state index contributed by atoms with van der Waals surface area (Å²) in [6.45, 7) is 0. The van der Waals surface area contributed by atoms with Gasteiger partial charge >= 0.3 is 5.97 Å². The largest absolute Gasteiger partial charge is 0.465 e. The van der Waals surface area contributed by atoms with E-state index in [1.165, 1.54) is 19.2 Å². The first-order valence-corrected chi connectivity index (χ1v) is 9.85. The molecule has 0 N–H and O–H groups in total. The number of aromatic nitrogens is 3. The predicted molar refractivity (Wildman–Crippen MR) is 118 cm³/mol. The van der Waals surface area contributed by atoms with Crippen molar-refractivity contribution in [2.75, 3.05) is 7.11 Å². The second-order valence-electron chi connectivity index (χ2n) is 6.98. The minimum absolute atomic E-state index is 0.330. The van der Waals surface area contributed by atoms with Crippen molar-refractivity contribution in [3.05, 3.63) is 89.2 Å². The minimum Gasteiger partial charge on any atom is -0.465 e. The zero-order valence-corrected chi connectivity index (χ0v) is 17.1. The van der Waals surface area contributed by atoms with Crippen LogP contribution in [-0.4, -0.2) is 27.6 Å². The van der Waals surface area contributed by atoms with E-state index in [4.69, 9.17) is 26.3 Å². The number of esters is 1. The topological polar surface area (TPSA) is 57.0 Å². The summed E-state index contributed by atoms with van der Waals surface area (Å²) in [5.74, 6) is -0.204. The first kappa shape index (κ1) is 19.2. The summed E-state index contributed by atoms with van der Waals surface area (Å²) in [5, 5.41) is 1.55. The van der Waals surface area contributed by atoms with Crippen molar-refractivity contribution < 1.29 is 13.9 Å². The summed E-state index contributed by atoms with van der Waals surface area (Å²) in [5.41, 5.74) is 3.88. The lowest BCUT2D eigenvalue weighted by atomic mass is 10.2. The Kier molecular flexibility index (Phi) is 4.64. The van der Waals surface area contributed by atoms with Crippen LogP contribution < -0.4 is 0 Å². The van der Waals surface area contributed by atoms with Gasteiger partial charge in [-0.2, -0.15) is 0 Å². The van der Waals surface area contributed by atoms with Gasteiger partial charge in [0.1, 0.15) is 11.5 Å². The molecule has 0 radical (unpaired) electrons. The fourth-order valence-corrected chi connectivity index (χ4v) is 3.75. The zero-order chi connectivity index (χ0) is 21.5. The van der Waals surface area contributed by atoms with Gasteiger partial charge in [0.15, 0.2) is 5.82 Å². The summed E-state index contributed by atoms with van der Waals surface area (Å²) in [6.07, 6.45) is 0. The molecule has 152 valence electrons. The molecule has 0 bridgehead atoms. The fraction of sp³-hybridized carbons (Fsp3) is 0.0417. The highest BCUT2D eigenvalue weighted by atomic mass is 35.5. The van der Waals surface area contributed by atoms with Gasteiger partial charge in [0.2, 0.25) is 0 Å². The monoisotopic (exact) mass is 431 g/mol. The molecule has 2 aromatic heterocycles. The lowest BCUT2D eigenvalue weighted by Gasteiger charge is -2.10. The Morgan fingerprint density at radius 2 is 1.74 bits per heavy atom. The van der Waals surface area contributed by atoms with Crippen molar-refractivity contribution in [3.8, 4) is 17.2 Å². The molecule has 0 fully saturated rings. The lowest BCUT2D eigenvalue weighted by Crippen LogP contribution is -2.01. The van der Waals surface area contributed by atoms with Crippen molar-refractivity contribution in [1.82, 2.24) is 14.5 Å². The van der Waals surface area contributed by atoms with E-state index in [0.717, 1.165) is 22.1 Å². The van der Waals surface area contributed by atoms with E-state index >= 15 is 0 Å². The Morgan fingerprint density at radius 3 is 2.52 bits per heavy atom. The minimum atomic E-state index is -0.444. The Balaban J connectivity index is 1.77. The highest BCUT2D eigenvalue weighted by Crippen LogP contribution is 2.30. The van der Waals surface area contributed by atoms with E-state index in [2.05, 4.69) is 0 Å². The summed E-state index contributed by atoms with van der Waals surface area (Å²) in [6, 6.07) is 20.5. The number of halogens is 2. The number of fused-ring (bicyclic) bond motifs is 2. The summed E-state index contributed by atoms with van der Waals surface area (Å²) < 4.78 is 20.3. The van der Waals surface area contributed by atoms with Crippen molar-refractivity contribution >= 4 is 39.5 Å². The van der Waals surface area contributed by atoms with Crippen LogP contribution in [0.4, 0.5) is 4.39 Å². The normalized spacial score (nSPS) is 11.2. The van der Waals surface area contributed by atoms with E-state index in [-0.39, 0.29) is 5.82 Å². The van der Waals surface area contributed by atoms with Crippen LogP contribution in [0.3, 0.4) is 0 Å². The van der Waals surface area contributed by atoms with Gasteiger partial charge in [0, 0.05) is 16.1 Å². The molecule has 0 unspecified atom stereocenters. The van der Waals surface area contributed by atoms with Crippen molar-refractivity contribution in [2.45, 2.75) is 0 Å².